The molecule has 0 saturated carbocycles. The van der Waals surface area contributed by atoms with Gasteiger partial charge in [0.25, 0.3) is 11.8 Å². The van der Waals surface area contributed by atoms with E-state index in [1.807, 2.05) is 12.1 Å². The van der Waals surface area contributed by atoms with E-state index in [2.05, 4.69) is 0 Å². The van der Waals surface area contributed by atoms with Gasteiger partial charge < -0.3 is 9.47 Å². The molecular weight excluding hydrogens is 386 g/mol. The fraction of sp³-hybridized carbons (Fsp3) is 0.200. The summed E-state index contributed by atoms with van der Waals surface area (Å²) in [7, 11) is 3.07. The number of nitrogens with zero attached hydrogens (tertiary/aromatic N) is 1. The second-order valence-electron chi connectivity index (χ2n) is 5.68. The number of amides is 2. The molecule has 0 saturated heterocycles. The highest BCUT2D eigenvalue weighted by Crippen LogP contribution is 2.41. The number of hydrogen-bond acceptors (Lipinski definition) is 5. The first-order valence-electron chi connectivity index (χ1n) is 8.26. The Balaban J connectivity index is 2.10. The maximum atomic E-state index is 12.9. The molecule has 27 heavy (non-hydrogen) atoms. The first kappa shape index (κ1) is 19.3. The topological polar surface area (TPSA) is 55.8 Å². The van der Waals surface area contributed by atoms with E-state index in [1.54, 1.807) is 44.4 Å². The maximum absolute atomic E-state index is 12.9. The minimum Gasteiger partial charge on any atom is -0.493 e. The second-order valence-corrected chi connectivity index (χ2v) is 7.20. The molecule has 0 radical (unpaired) electrons. The van der Waals surface area contributed by atoms with E-state index in [1.165, 1.54) is 23.8 Å². The summed E-state index contributed by atoms with van der Waals surface area (Å²) in [6.07, 6.45) is 0. The monoisotopic (exact) mass is 403 g/mol. The van der Waals surface area contributed by atoms with Crippen LogP contribution in [0.4, 0.5) is 0 Å². The zero-order chi connectivity index (χ0) is 19.6. The molecule has 3 rings (SSSR count). The van der Waals surface area contributed by atoms with Crippen molar-refractivity contribution in [3.63, 3.8) is 0 Å². The second kappa shape index (κ2) is 8.06. The van der Waals surface area contributed by atoms with E-state index in [0.717, 1.165) is 4.90 Å². The van der Waals surface area contributed by atoms with Crippen molar-refractivity contribution in [2.45, 2.75) is 11.8 Å². The Hall–Kier alpha value is -2.44. The van der Waals surface area contributed by atoms with E-state index in [-0.39, 0.29) is 11.8 Å². The summed E-state index contributed by atoms with van der Waals surface area (Å²) in [5.74, 6) is 0.435. The molecule has 0 aromatic heterocycles. The molecule has 2 amide bonds. The normalized spacial score (nSPS) is 14.1. The predicted molar refractivity (Wildman–Crippen MR) is 106 cm³/mol. The third kappa shape index (κ3) is 3.68. The van der Waals surface area contributed by atoms with Crippen molar-refractivity contribution in [3.05, 3.63) is 58.0 Å². The van der Waals surface area contributed by atoms with Gasteiger partial charge in [0.2, 0.25) is 0 Å². The van der Waals surface area contributed by atoms with Crippen molar-refractivity contribution in [2.75, 3.05) is 20.8 Å². The van der Waals surface area contributed by atoms with Crippen LogP contribution in [-0.4, -0.2) is 37.5 Å². The fourth-order valence-corrected chi connectivity index (χ4v) is 3.94. The van der Waals surface area contributed by atoms with Crippen LogP contribution in [-0.2, 0) is 9.59 Å². The van der Waals surface area contributed by atoms with Crippen LogP contribution in [0.15, 0.2) is 52.3 Å². The van der Waals surface area contributed by atoms with Crippen LogP contribution in [0.2, 0.25) is 5.02 Å². The SMILES string of the molecule is CCN1C(=O)C(Sc2ccc(Cl)cc2)=C(c2ccc(OC)c(OC)c2)C1=O. The van der Waals surface area contributed by atoms with E-state index in [4.69, 9.17) is 21.1 Å². The average molecular weight is 404 g/mol. The standard InChI is InChI=1S/C20H18ClNO4S/c1-4-22-19(23)17(12-5-10-15(25-2)16(11-12)26-3)18(20(22)24)27-14-8-6-13(21)7-9-14/h5-11H,4H2,1-3H3. The van der Waals surface area contributed by atoms with Gasteiger partial charge in [-0.25, -0.2) is 0 Å². The molecule has 2 aromatic rings. The zero-order valence-corrected chi connectivity index (χ0v) is 16.7. The smallest absolute Gasteiger partial charge is 0.268 e. The molecule has 0 bridgehead atoms. The van der Waals surface area contributed by atoms with Crippen LogP contribution in [0, 0.1) is 0 Å². The number of methoxy groups -OCH3 is 2. The number of ether oxygens (including phenoxy) is 2. The first-order chi connectivity index (χ1) is 13.0. The van der Waals surface area contributed by atoms with Crippen molar-refractivity contribution in [3.8, 4) is 11.5 Å². The van der Waals surface area contributed by atoms with Gasteiger partial charge in [0.15, 0.2) is 11.5 Å². The van der Waals surface area contributed by atoms with Crippen molar-refractivity contribution < 1.29 is 19.1 Å². The lowest BCUT2D eigenvalue weighted by molar-refractivity contribution is -0.136. The molecule has 1 aliphatic heterocycles. The molecule has 0 aliphatic carbocycles. The van der Waals surface area contributed by atoms with Gasteiger partial charge in [-0.15, -0.1) is 0 Å². The summed E-state index contributed by atoms with van der Waals surface area (Å²) < 4.78 is 10.6. The Morgan fingerprint density at radius 1 is 0.963 bits per heavy atom. The van der Waals surface area contributed by atoms with Gasteiger partial charge in [0.05, 0.1) is 24.7 Å². The van der Waals surface area contributed by atoms with Crippen LogP contribution in [0.1, 0.15) is 12.5 Å². The number of halogens is 1. The largest absolute Gasteiger partial charge is 0.493 e. The van der Waals surface area contributed by atoms with E-state index in [9.17, 15) is 9.59 Å². The quantitative estimate of drug-likeness (QED) is 0.675. The van der Waals surface area contributed by atoms with Crippen molar-refractivity contribution >= 4 is 40.8 Å². The first-order valence-corrected chi connectivity index (χ1v) is 9.45. The Morgan fingerprint density at radius 2 is 1.63 bits per heavy atom. The number of carbonyl (C=O) groups excluding carboxylic acids is 2. The number of carbonyl (C=O) groups is 2. The molecular formula is C20H18ClNO4S. The van der Waals surface area contributed by atoms with Crippen LogP contribution >= 0.6 is 23.4 Å². The van der Waals surface area contributed by atoms with Gasteiger partial charge in [-0.05, 0) is 48.9 Å². The predicted octanol–water partition coefficient (Wildman–Crippen LogP) is 4.25. The minimum atomic E-state index is -0.314. The summed E-state index contributed by atoms with van der Waals surface area (Å²) in [5, 5.41) is 0.609. The van der Waals surface area contributed by atoms with Crippen LogP contribution in [0.25, 0.3) is 5.57 Å². The van der Waals surface area contributed by atoms with Gasteiger partial charge in [-0.3, -0.25) is 14.5 Å². The van der Waals surface area contributed by atoms with Gasteiger partial charge in [-0.1, -0.05) is 29.4 Å². The summed E-state index contributed by atoms with van der Waals surface area (Å²) in [6.45, 7) is 2.08. The molecule has 0 fully saturated rings. The van der Waals surface area contributed by atoms with Gasteiger partial charge in [0.1, 0.15) is 0 Å². The van der Waals surface area contributed by atoms with Crippen LogP contribution in [0.3, 0.4) is 0 Å². The van der Waals surface area contributed by atoms with E-state index < -0.39 is 0 Å². The lowest BCUT2D eigenvalue weighted by Gasteiger charge is -2.12. The summed E-state index contributed by atoms with van der Waals surface area (Å²) in [5.41, 5.74) is 0.973. The Morgan fingerprint density at radius 3 is 2.22 bits per heavy atom. The number of imide groups is 1. The fourth-order valence-electron chi connectivity index (χ4n) is 2.80. The van der Waals surface area contributed by atoms with Crippen molar-refractivity contribution in [2.24, 2.45) is 0 Å². The third-order valence-corrected chi connectivity index (χ3v) is 5.49. The summed E-state index contributed by atoms with van der Waals surface area (Å²) in [4.78, 5) is 28.2. The minimum absolute atomic E-state index is 0.299. The number of rotatable bonds is 6. The van der Waals surface area contributed by atoms with Gasteiger partial charge in [0, 0.05) is 16.5 Å². The molecule has 1 heterocycles. The molecule has 0 N–H and O–H groups in total. The van der Waals surface area contributed by atoms with Crippen molar-refractivity contribution in [1.29, 1.82) is 0 Å². The third-order valence-electron chi connectivity index (χ3n) is 4.15. The number of benzene rings is 2. The molecule has 1 aliphatic rings. The van der Waals surface area contributed by atoms with Gasteiger partial charge in [-0.2, -0.15) is 0 Å². The number of thioether (sulfide) groups is 1. The Labute approximate surface area is 166 Å². The van der Waals surface area contributed by atoms with Crippen molar-refractivity contribution in [1.82, 2.24) is 4.90 Å². The Bertz CT molecular complexity index is 924. The van der Waals surface area contributed by atoms with E-state index in [0.29, 0.717) is 39.1 Å². The molecule has 5 nitrogen and oxygen atoms in total. The lowest BCUT2D eigenvalue weighted by atomic mass is 10.1. The molecule has 140 valence electrons. The van der Waals surface area contributed by atoms with E-state index >= 15 is 0 Å². The highest BCUT2D eigenvalue weighted by Gasteiger charge is 2.38. The van der Waals surface area contributed by atoms with Crippen LogP contribution < -0.4 is 9.47 Å². The van der Waals surface area contributed by atoms with Crippen LogP contribution in [0.5, 0.6) is 11.5 Å². The highest BCUT2D eigenvalue weighted by molar-refractivity contribution is 8.04. The molecule has 7 heteroatoms. The highest BCUT2D eigenvalue weighted by atomic mass is 35.5. The molecule has 0 unspecified atom stereocenters. The molecule has 2 aromatic carbocycles. The molecule has 0 spiro atoms. The van der Waals surface area contributed by atoms with Gasteiger partial charge >= 0.3 is 0 Å². The maximum Gasteiger partial charge on any atom is 0.268 e. The Kier molecular flexibility index (Phi) is 5.77. The number of hydrogen-bond donors (Lipinski definition) is 0. The zero-order valence-electron chi connectivity index (χ0n) is 15.1. The summed E-state index contributed by atoms with van der Waals surface area (Å²) in [6, 6.07) is 12.3. The average Bonchev–Trinajstić information content (AvgIpc) is 2.92. The lowest BCUT2D eigenvalue weighted by Crippen LogP contribution is -2.31. The number of likely N-dealkylation sites (N-methyl/N-ethyl adjacent to an activating group) is 1. The summed E-state index contributed by atoms with van der Waals surface area (Å²) >= 11 is 7.19. The molecule has 0 atom stereocenters.